The molecule has 1 N–H and O–H groups in total. The number of rotatable bonds is 3. The number of hydrogen-bond acceptors (Lipinski definition) is 3. The lowest BCUT2D eigenvalue weighted by Gasteiger charge is -2.37. The van der Waals surface area contributed by atoms with Crippen LogP contribution in [0, 0.1) is 12.8 Å². The van der Waals surface area contributed by atoms with Crippen molar-refractivity contribution in [2.75, 3.05) is 32.6 Å². The van der Waals surface area contributed by atoms with E-state index in [4.69, 9.17) is 23.2 Å². The first-order valence-electron chi connectivity index (χ1n) is 8.41. The highest BCUT2D eigenvalue weighted by Crippen LogP contribution is 2.34. The normalized spacial score (nSPS) is 14.6. The summed E-state index contributed by atoms with van der Waals surface area (Å²) in [6, 6.07) is 3.37. The number of nitrogens with one attached hydrogen (secondary N) is 1. The van der Waals surface area contributed by atoms with Crippen LogP contribution in [0.15, 0.2) is 12.1 Å². The molecule has 1 aliphatic rings. The minimum Gasteiger partial charge on any atom is -0.354 e. The van der Waals surface area contributed by atoms with Crippen molar-refractivity contribution in [1.29, 1.82) is 0 Å². The van der Waals surface area contributed by atoms with Gasteiger partial charge in [0.2, 0.25) is 0 Å². The van der Waals surface area contributed by atoms with Crippen LogP contribution in [0.25, 0.3) is 0 Å². The highest BCUT2D eigenvalue weighted by Gasteiger charge is 2.30. The second-order valence-electron chi connectivity index (χ2n) is 4.97. The Morgan fingerprint density at radius 1 is 1.16 bits per heavy atom. The van der Waals surface area contributed by atoms with E-state index in [9.17, 15) is 4.79 Å². The third-order valence-corrected chi connectivity index (χ3v) is 3.77. The molecule has 1 aromatic carbocycles. The van der Waals surface area contributed by atoms with E-state index in [1.54, 1.807) is 12.1 Å². The zero-order chi connectivity index (χ0) is 20.2. The molecule has 0 fully saturated rings. The Bertz CT molecular complexity index is 545. The number of terminal acetylenes is 1. The molecule has 1 aromatic rings. The fourth-order valence-electron chi connectivity index (χ4n) is 2.20. The second-order valence-corrected chi connectivity index (χ2v) is 5.82. The van der Waals surface area contributed by atoms with Crippen LogP contribution in [0.4, 0.5) is 5.69 Å². The van der Waals surface area contributed by atoms with E-state index in [2.05, 4.69) is 23.1 Å². The summed E-state index contributed by atoms with van der Waals surface area (Å²) in [5, 5.41) is 3.90. The number of benzene rings is 1. The molecular formula is C19H31Cl2N3O. The number of halogens is 2. The number of fused-ring (bicyclic) bond motifs is 1. The van der Waals surface area contributed by atoms with E-state index < -0.39 is 0 Å². The zero-order valence-electron chi connectivity index (χ0n) is 16.4. The molecule has 4 nitrogen and oxygen atoms in total. The topological polar surface area (TPSA) is 35.6 Å². The van der Waals surface area contributed by atoms with Crippen molar-refractivity contribution in [3.8, 4) is 12.8 Å². The third-order valence-electron chi connectivity index (χ3n) is 3.26. The van der Waals surface area contributed by atoms with Crippen molar-refractivity contribution in [3.05, 3.63) is 27.7 Å². The van der Waals surface area contributed by atoms with Gasteiger partial charge in [0.15, 0.2) is 0 Å². The lowest BCUT2D eigenvalue weighted by atomic mass is 10.1. The summed E-state index contributed by atoms with van der Waals surface area (Å²) in [6.07, 6.45) is 8.79. The van der Waals surface area contributed by atoms with Gasteiger partial charge in [0, 0.05) is 18.6 Å². The van der Waals surface area contributed by atoms with E-state index in [1.807, 2.05) is 53.7 Å². The van der Waals surface area contributed by atoms with E-state index >= 15 is 0 Å². The first-order chi connectivity index (χ1) is 11.9. The Morgan fingerprint density at radius 3 is 2.16 bits per heavy atom. The van der Waals surface area contributed by atoms with Gasteiger partial charge in [-0.25, -0.2) is 0 Å². The molecule has 0 saturated heterocycles. The minimum absolute atomic E-state index is 0.0445. The largest absolute Gasteiger partial charge is 0.354 e. The molecule has 0 radical (unpaired) electrons. The smallest absolute Gasteiger partial charge is 0.256 e. The quantitative estimate of drug-likeness (QED) is 0.759. The number of anilines is 1. The van der Waals surface area contributed by atoms with Crippen molar-refractivity contribution >= 4 is 34.8 Å². The zero-order valence-corrected chi connectivity index (χ0v) is 17.9. The summed E-state index contributed by atoms with van der Waals surface area (Å²) in [5.41, 5.74) is 1.28. The maximum absolute atomic E-state index is 12.1. The SMILES string of the molecule is C#C.CC.CC.CN(C)CCC1NC(=O)c2c(Cl)cc(Cl)cc2N1C. The van der Waals surface area contributed by atoms with Gasteiger partial charge in [-0.1, -0.05) is 50.9 Å². The van der Waals surface area contributed by atoms with Gasteiger partial charge in [0.25, 0.3) is 5.91 Å². The minimum atomic E-state index is -0.140. The van der Waals surface area contributed by atoms with Crippen LogP contribution in [0.1, 0.15) is 44.5 Å². The van der Waals surface area contributed by atoms with Crippen LogP contribution in [0.3, 0.4) is 0 Å². The summed E-state index contributed by atoms with van der Waals surface area (Å²) in [5.74, 6) is -0.140. The molecule has 1 heterocycles. The molecule has 25 heavy (non-hydrogen) atoms. The summed E-state index contributed by atoms with van der Waals surface area (Å²) >= 11 is 12.1. The van der Waals surface area contributed by atoms with Gasteiger partial charge in [-0.05, 0) is 32.6 Å². The number of carbonyl (C=O) groups excluding carboxylic acids is 1. The third kappa shape index (κ3) is 7.56. The number of nitrogens with zero attached hydrogens (tertiary/aromatic N) is 2. The Morgan fingerprint density at radius 2 is 1.68 bits per heavy atom. The number of carbonyl (C=O) groups is 1. The van der Waals surface area contributed by atoms with Crippen LogP contribution >= 0.6 is 23.2 Å². The van der Waals surface area contributed by atoms with E-state index in [0.29, 0.717) is 15.6 Å². The molecule has 142 valence electrons. The Kier molecular flexibility index (Phi) is 14.3. The van der Waals surface area contributed by atoms with Crippen molar-refractivity contribution < 1.29 is 4.79 Å². The summed E-state index contributed by atoms with van der Waals surface area (Å²) < 4.78 is 0. The summed E-state index contributed by atoms with van der Waals surface area (Å²) in [4.78, 5) is 16.2. The maximum atomic E-state index is 12.1. The molecule has 1 amide bonds. The maximum Gasteiger partial charge on any atom is 0.256 e. The van der Waals surface area contributed by atoms with Crippen molar-refractivity contribution in [2.24, 2.45) is 0 Å². The van der Waals surface area contributed by atoms with E-state index in [-0.39, 0.29) is 12.1 Å². The van der Waals surface area contributed by atoms with Crippen LogP contribution in [0.5, 0.6) is 0 Å². The summed E-state index contributed by atoms with van der Waals surface area (Å²) in [7, 11) is 5.95. The lowest BCUT2D eigenvalue weighted by molar-refractivity contribution is 0.0924. The summed E-state index contributed by atoms with van der Waals surface area (Å²) in [6.45, 7) is 8.89. The number of hydrogen-bond donors (Lipinski definition) is 1. The fraction of sp³-hybridized carbons (Fsp3) is 0.526. The predicted molar refractivity (Wildman–Crippen MR) is 112 cm³/mol. The molecule has 0 saturated carbocycles. The first-order valence-corrected chi connectivity index (χ1v) is 9.16. The Hall–Kier alpha value is -1.41. The standard InChI is InChI=1S/C13H17Cl2N3O.2C2H6.C2H2/c1-17(2)5-4-11-16-13(19)12-9(15)6-8(14)7-10(12)18(11)3;3*1-2/h6-7,11H,4-5H2,1-3H3,(H,16,19);2*1-2H3;1-2H. The molecule has 1 unspecified atom stereocenters. The highest BCUT2D eigenvalue weighted by atomic mass is 35.5. The average Bonchev–Trinajstić information content (AvgIpc) is 2.61. The Balaban J connectivity index is 0. The van der Waals surface area contributed by atoms with Crippen molar-refractivity contribution in [3.63, 3.8) is 0 Å². The van der Waals surface area contributed by atoms with Gasteiger partial charge >= 0.3 is 0 Å². The molecule has 1 aliphatic heterocycles. The molecule has 0 aliphatic carbocycles. The van der Waals surface area contributed by atoms with Gasteiger partial charge < -0.3 is 15.1 Å². The van der Waals surface area contributed by atoms with Gasteiger partial charge in [-0.2, -0.15) is 0 Å². The molecular weight excluding hydrogens is 357 g/mol. The van der Waals surface area contributed by atoms with Gasteiger partial charge in [0.05, 0.1) is 16.3 Å². The molecule has 1 atom stereocenters. The van der Waals surface area contributed by atoms with Gasteiger partial charge in [-0.3, -0.25) is 4.79 Å². The second kappa shape index (κ2) is 13.8. The van der Waals surface area contributed by atoms with E-state index in [0.717, 1.165) is 18.7 Å². The molecule has 6 heteroatoms. The van der Waals surface area contributed by atoms with Crippen molar-refractivity contribution in [1.82, 2.24) is 10.2 Å². The fourth-order valence-corrected chi connectivity index (χ4v) is 2.77. The van der Waals surface area contributed by atoms with Crippen LogP contribution in [0.2, 0.25) is 10.0 Å². The lowest BCUT2D eigenvalue weighted by Crippen LogP contribution is -2.52. The molecule has 0 bridgehead atoms. The number of amides is 1. The van der Waals surface area contributed by atoms with Gasteiger partial charge in [0.1, 0.15) is 6.17 Å². The van der Waals surface area contributed by atoms with Crippen LogP contribution < -0.4 is 10.2 Å². The monoisotopic (exact) mass is 387 g/mol. The van der Waals surface area contributed by atoms with E-state index in [1.165, 1.54) is 0 Å². The predicted octanol–water partition coefficient (Wildman–Crippen LogP) is 4.75. The first kappa shape index (κ1) is 25.8. The van der Waals surface area contributed by atoms with Crippen LogP contribution in [-0.4, -0.2) is 44.7 Å². The highest BCUT2D eigenvalue weighted by molar-refractivity contribution is 6.38. The van der Waals surface area contributed by atoms with Gasteiger partial charge in [-0.15, -0.1) is 12.8 Å². The van der Waals surface area contributed by atoms with Crippen LogP contribution in [-0.2, 0) is 0 Å². The molecule has 2 rings (SSSR count). The van der Waals surface area contributed by atoms with Crippen molar-refractivity contribution in [2.45, 2.75) is 40.3 Å². The Labute approximate surface area is 163 Å². The average molecular weight is 388 g/mol. The molecule has 0 spiro atoms. The molecule has 0 aromatic heterocycles.